The zero-order valence-electron chi connectivity index (χ0n) is 11.9. The van der Waals surface area contributed by atoms with Crippen molar-refractivity contribution in [3.63, 3.8) is 0 Å². The zero-order valence-corrected chi connectivity index (χ0v) is 14.5. The molecular weight excluding hydrogens is 272 g/mol. The van der Waals surface area contributed by atoms with Crippen molar-refractivity contribution in [3.8, 4) is 0 Å². The van der Waals surface area contributed by atoms with Crippen LogP contribution in [-0.4, -0.2) is 23.3 Å². The highest BCUT2D eigenvalue weighted by atomic mass is 32.2. The molecule has 1 atom stereocenters. The minimum Gasteiger partial charge on any atom is -0.147 e. The fourth-order valence-corrected chi connectivity index (χ4v) is 11.4. The molecule has 0 aliphatic carbocycles. The van der Waals surface area contributed by atoms with Gasteiger partial charge < -0.3 is 0 Å². The Hall–Kier alpha value is 0.137. The van der Waals surface area contributed by atoms with Crippen LogP contribution in [0.2, 0.25) is 19.6 Å². The van der Waals surface area contributed by atoms with E-state index in [2.05, 4.69) is 80.4 Å². The standard InChI is InChI=1S/C15H24S2Si/c1-13(14-9-6-5-7-10-14)15(18(2,3)4)16-11-8-12-17-15/h5-7,9-10,13H,8,11-12H2,1-4H3. The molecule has 1 aromatic carbocycles. The van der Waals surface area contributed by atoms with Gasteiger partial charge in [-0.15, -0.1) is 23.5 Å². The van der Waals surface area contributed by atoms with Gasteiger partial charge >= 0.3 is 0 Å². The summed E-state index contributed by atoms with van der Waals surface area (Å²) < 4.78 is 0.451. The van der Waals surface area contributed by atoms with Crippen molar-refractivity contribution in [2.45, 2.75) is 42.6 Å². The van der Waals surface area contributed by atoms with E-state index in [1.807, 2.05) is 0 Å². The largest absolute Gasteiger partial charge is 0.147 e. The van der Waals surface area contributed by atoms with E-state index in [4.69, 9.17) is 0 Å². The summed E-state index contributed by atoms with van der Waals surface area (Å²) in [7, 11) is -1.23. The Morgan fingerprint density at radius 3 is 2.11 bits per heavy atom. The molecule has 100 valence electrons. The van der Waals surface area contributed by atoms with Crippen LogP contribution < -0.4 is 0 Å². The zero-order chi connectivity index (χ0) is 13.2. The summed E-state index contributed by atoms with van der Waals surface area (Å²) >= 11 is 4.49. The lowest BCUT2D eigenvalue weighted by atomic mass is 10.0. The molecule has 0 aromatic heterocycles. The lowest BCUT2D eigenvalue weighted by Crippen LogP contribution is -2.52. The van der Waals surface area contributed by atoms with E-state index in [1.165, 1.54) is 23.5 Å². The molecule has 18 heavy (non-hydrogen) atoms. The molecule has 0 radical (unpaired) electrons. The molecule has 1 fully saturated rings. The predicted octanol–water partition coefficient (Wildman–Crippen LogP) is 5.23. The van der Waals surface area contributed by atoms with Gasteiger partial charge in [-0.3, -0.25) is 0 Å². The van der Waals surface area contributed by atoms with Crippen molar-refractivity contribution < 1.29 is 0 Å². The van der Waals surface area contributed by atoms with E-state index in [0.29, 0.717) is 9.62 Å². The third kappa shape index (κ3) is 2.68. The SMILES string of the molecule is CC(c1ccccc1)C1([Si](C)(C)C)SCCCS1. The summed E-state index contributed by atoms with van der Waals surface area (Å²) in [4.78, 5) is 0. The van der Waals surface area contributed by atoms with Gasteiger partial charge in [-0.05, 0) is 23.5 Å². The second-order valence-electron chi connectivity index (χ2n) is 6.10. The lowest BCUT2D eigenvalue weighted by molar-refractivity contribution is 0.774. The van der Waals surface area contributed by atoms with Gasteiger partial charge in [0.25, 0.3) is 0 Å². The maximum atomic E-state index is 2.54. The minimum absolute atomic E-state index is 0.451. The molecule has 1 unspecified atom stereocenters. The van der Waals surface area contributed by atoms with Crippen molar-refractivity contribution in [2.24, 2.45) is 0 Å². The normalized spacial score (nSPS) is 21.6. The van der Waals surface area contributed by atoms with Crippen LogP contribution in [0.15, 0.2) is 30.3 Å². The Kier molecular flexibility index (Phi) is 4.55. The minimum atomic E-state index is -1.23. The van der Waals surface area contributed by atoms with E-state index >= 15 is 0 Å². The quantitative estimate of drug-likeness (QED) is 0.700. The monoisotopic (exact) mass is 296 g/mol. The first-order chi connectivity index (χ1) is 8.47. The lowest BCUT2D eigenvalue weighted by Gasteiger charge is -2.49. The summed E-state index contributed by atoms with van der Waals surface area (Å²) in [5, 5.41) is 0. The summed E-state index contributed by atoms with van der Waals surface area (Å²) in [5.41, 5.74) is 1.52. The highest BCUT2D eigenvalue weighted by molar-refractivity contribution is 8.21. The summed E-state index contributed by atoms with van der Waals surface area (Å²) in [6, 6.07) is 11.1. The third-order valence-electron chi connectivity index (χ3n) is 3.84. The van der Waals surface area contributed by atoms with Crippen LogP contribution in [0, 0.1) is 0 Å². The molecule has 3 heteroatoms. The molecular formula is C15H24S2Si. The summed E-state index contributed by atoms with van der Waals surface area (Å²) in [6.07, 6.45) is 1.38. The molecule has 0 amide bonds. The molecule has 1 aromatic rings. The number of rotatable bonds is 3. The number of benzene rings is 1. The molecule has 1 aliphatic rings. The smallest absolute Gasteiger partial charge is 0.0759 e. The van der Waals surface area contributed by atoms with Gasteiger partial charge in [-0.1, -0.05) is 56.9 Å². The second kappa shape index (κ2) is 5.64. The predicted molar refractivity (Wildman–Crippen MR) is 90.5 cm³/mol. The van der Waals surface area contributed by atoms with Crippen LogP contribution in [-0.2, 0) is 0 Å². The fourth-order valence-electron chi connectivity index (χ4n) is 2.84. The highest BCUT2D eigenvalue weighted by Gasteiger charge is 2.49. The maximum Gasteiger partial charge on any atom is 0.0759 e. The summed E-state index contributed by atoms with van der Waals surface area (Å²) in [5.74, 6) is 3.34. The van der Waals surface area contributed by atoms with Crippen LogP contribution in [0.25, 0.3) is 0 Å². The fraction of sp³-hybridized carbons (Fsp3) is 0.600. The molecule has 0 bridgehead atoms. The first-order valence-corrected chi connectivity index (χ1v) is 12.3. The Morgan fingerprint density at radius 1 is 1.06 bits per heavy atom. The van der Waals surface area contributed by atoms with Crippen LogP contribution in [0.4, 0.5) is 0 Å². The highest BCUT2D eigenvalue weighted by Crippen LogP contribution is 2.56. The second-order valence-corrected chi connectivity index (χ2v) is 15.1. The van der Waals surface area contributed by atoms with Crippen molar-refractivity contribution in [3.05, 3.63) is 35.9 Å². The molecule has 1 aliphatic heterocycles. The Morgan fingerprint density at radius 2 is 1.61 bits per heavy atom. The van der Waals surface area contributed by atoms with Crippen molar-refractivity contribution >= 4 is 31.6 Å². The number of hydrogen-bond donors (Lipinski definition) is 0. The van der Waals surface area contributed by atoms with Crippen LogP contribution in [0.5, 0.6) is 0 Å². The molecule has 2 rings (SSSR count). The van der Waals surface area contributed by atoms with E-state index < -0.39 is 8.07 Å². The number of thioether (sulfide) groups is 2. The molecule has 1 saturated heterocycles. The van der Waals surface area contributed by atoms with Crippen LogP contribution in [0.1, 0.15) is 24.8 Å². The summed E-state index contributed by atoms with van der Waals surface area (Å²) in [6.45, 7) is 10.1. The maximum absolute atomic E-state index is 2.54. The molecule has 0 spiro atoms. The first kappa shape index (κ1) is 14.5. The Labute approximate surface area is 121 Å². The van der Waals surface area contributed by atoms with Crippen molar-refractivity contribution in [1.82, 2.24) is 0 Å². The van der Waals surface area contributed by atoms with E-state index in [-0.39, 0.29) is 0 Å². The van der Waals surface area contributed by atoms with Crippen LogP contribution in [0.3, 0.4) is 0 Å². The van der Waals surface area contributed by atoms with Crippen LogP contribution >= 0.6 is 23.5 Å². The average Bonchev–Trinajstić information content (AvgIpc) is 2.38. The van der Waals surface area contributed by atoms with Crippen molar-refractivity contribution in [2.75, 3.05) is 11.5 Å². The Balaban J connectivity index is 2.35. The van der Waals surface area contributed by atoms with Gasteiger partial charge in [0.1, 0.15) is 0 Å². The van der Waals surface area contributed by atoms with Gasteiger partial charge in [0.2, 0.25) is 0 Å². The van der Waals surface area contributed by atoms with E-state index in [9.17, 15) is 0 Å². The van der Waals surface area contributed by atoms with Gasteiger partial charge in [0.05, 0.1) is 11.8 Å². The Bertz CT molecular complexity index is 377. The number of hydrogen-bond acceptors (Lipinski definition) is 2. The molecule has 1 heterocycles. The van der Waals surface area contributed by atoms with Gasteiger partial charge in [0.15, 0.2) is 0 Å². The third-order valence-corrected chi connectivity index (χ3v) is 14.2. The molecule has 0 nitrogen and oxygen atoms in total. The molecule has 0 saturated carbocycles. The topological polar surface area (TPSA) is 0 Å². The molecule has 0 N–H and O–H groups in total. The van der Waals surface area contributed by atoms with Crippen molar-refractivity contribution in [1.29, 1.82) is 0 Å². The first-order valence-electron chi connectivity index (χ1n) is 6.80. The van der Waals surface area contributed by atoms with Gasteiger partial charge in [0, 0.05) is 5.92 Å². The van der Waals surface area contributed by atoms with Gasteiger partial charge in [-0.25, -0.2) is 0 Å². The average molecular weight is 297 g/mol. The van der Waals surface area contributed by atoms with E-state index in [0.717, 1.165) is 0 Å². The van der Waals surface area contributed by atoms with E-state index in [1.54, 1.807) is 0 Å². The van der Waals surface area contributed by atoms with Gasteiger partial charge in [-0.2, -0.15) is 0 Å².